The number of thiocarbonyl (C=S) groups is 1. The minimum Gasteiger partial charge on any atom is -0.494 e. The Hall–Kier alpha value is -1.58. The maximum Gasteiger partial charge on any atom is 0.175 e. The fourth-order valence-corrected chi connectivity index (χ4v) is 2.13. The minimum atomic E-state index is 0. The number of benzene rings is 2. The molecule has 6 heteroatoms. The molecule has 2 rings (SSSR count). The van der Waals surface area contributed by atoms with E-state index in [1.165, 1.54) is 0 Å². The number of ether oxygens (including phenoxy) is 2. The minimum absolute atomic E-state index is 0. The van der Waals surface area contributed by atoms with E-state index in [9.17, 15) is 0 Å². The molecule has 0 fully saturated rings. The van der Waals surface area contributed by atoms with Gasteiger partial charge in [-0.15, -0.1) is 0 Å². The second kappa shape index (κ2) is 10.2. The van der Waals surface area contributed by atoms with Crippen LogP contribution in [0.15, 0.2) is 48.5 Å². The summed E-state index contributed by atoms with van der Waals surface area (Å²) < 4.78 is 10.8. The van der Waals surface area contributed by atoms with Crippen molar-refractivity contribution in [2.24, 2.45) is 0 Å². The Labute approximate surface area is 156 Å². The van der Waals surface area contributed by atoms with Crippen molar-refractivity contribution in [3.63, 3.8) is 0 Å². The van der Waals surface area contributed by atoms with Gasteiger partial charge in [-0.25, -0.2) is 0 Å². The molecule has 2 N–H and O–H groups in total. The summed E-state index contributed by atoms with van der Waals surface area (Å²) in [4.78, 5) is 0. The molecular formula is C17H20N2O2SW. The van der Waals surface area contributed by atoms with Gasteiger partial charge in [0.15, 0.2) is 5.11 Å². The Bertz CT molecular complexity index is 549. The summed E-state index contributed by atoms with van der Waals surface area (Å²) in [7, 11) is 0. The summed E-state index contributed by atoms with van der Waals surface area (Å²) in [5.41, 5.74) is 1.82. The molecule has 0 bridgehead atoms. The van der Waals surface area contributed by atoms with Crippen molar-refractivity contribution in [3.8, 4) is 11.5 Å². The van der Waals surface area contributed by atoms with Gasteiger partial charge >= 0.3 is 0 Å². The summed E-state index contributed by atoms with van der Waals surface area (Å²) in [6.07, 6.45) is 0. The van der Waals surface area contributed by atoms with Gasteiger partial charge in [-0.3, -0.25) is 0 Å². The number of hydrogen-bond donors (Lipinski definition) is 2. The second-order valence-electron chi connectivity index (χ2n) is 4.49. The van der Waals surface area contributed by atoms with Crippen LogP contribution in [0.1, 0.15) is 13.8 Å². The first-order valence-corrected chi connectivity index (χ1v) is 7.65. The van der Waals surface area contributed by atoms with Crippen molar-refractivity contribution in [3.05, 3.63) is 48.5 Å². The molecule has 4 nitrogen and oxygen atoms in total. The number of nitrogens with one attached hydrogen (secondary N) is 2. The molecule has 0 aliphatic carbocycles. The predicted octanol–water partition coefficient (Wildman–Crippen LogP) is 4.29. The van der Waals surface area contributed by atoms with Gasteiger partial charge in [-0.05, 0) is 74.6 Å². The van der Waals surface area contributed by atoms with Gasteiger partial charge in [0.1, 0.15) is 11.5 Å². The Morgan fingerprint density at radius 2 is 1.13 bits per heavy atom. The van der Waals surface area contributed by atoms with Crippen LogP contribution in [0.5, 0.6) is 11.5 Å². The van der Waals surface area contributed by atoms with Crippen LogP contribution in [0.25, 0.3) is 0 Å². The molecule has 0 atom stereocenters. The molecule has 0 heterocycles. The average Bonchev–Trinajstić information content (AvgIpc) is 2.52. The third kappa shape index (κ3) is 6.59. The van der Waals surface area contributed by atoms with Crippen LogP contribution in [0.3, 0.4) is 0 Å². The van der Waals surface area contributed by atoms with E-state index in [0.29, 0.717) is 18.3 Å². The van der Waals surface area contributed by atoms with Crippen LogP contribution in [0, 0.1) is 0 Å². The first-order chi connectivity index (χ1) is 10.7. The van der Waals surface area contributed by atoms with Crippen molar-refractivity contribution >= 4 is 28.7 Å². The van der Waals surface area contributed by atoms with Crippen LogP contribution < -0.4 is 20.1 Å². The van der Waals surface area contributed by atoms with Gasteiger partial charge < -0.3 is 20.1 Å². The quantitative estimate of drug-likeness (QED) is 0.580. The molecule has 0 unspecified atom stereocenters. The Morgan fingerprint density at radius 3 is 1.43 bits per heavy atom. The Kier molecular flexibility index (Phi) is 8.67. The van der Waals surface area contributed by atoms with Crippen molar-refractivity contribution in [2.45, 2.75) is 13.8 Å². The van der Waals surface area contributed by atoms with Gasteiger partial charge in [0.2, 0.25) is 0 Å². The molecule has 0 saturated heterocycles. The number of anilines is 2. The Balaban J connectivity index is 0.00000264. The largest absolute Gasteiger partial charge is 0.494 e. The van der Waals surface area contributed by atoms with Gasteiger partial charge in [0.25, 0.3) is 0 Å². The van der Waals surface area contributed by atoms with E-state index in [-0.39, 0.29) is 21.1 Å². The molecule has 0 radical (unpaired) electrons. The predicted molar refractivity (Wildman–Crippen MR) is 95.1 cm³/mol. The summed E-state index contributed by atoms with van der Waals surface area (Å²) in [6.45, 7) is 5.24. The first-order valence-electron chi connectivity index (χ1n) is 7.25. The standard InChI is InChI=1S/C17H20N2O2S.W/c1-3-20-15-9-5-13(6-10-15)18-17(22)19-14-7-11-16(12-8-14)21-4-2;/h5-12H,3-4H2,1-2H3,(H2,18,19,22);. The molecule has 2 aromatic carbocycles. The molecule has 23 heavy (non-hydrogen) atoms. The van der Waals surface area contributed by atoms with Gasteiger partial charge in [-0.1, -0.05) is 0 Å². The summed E-state index contributed by atoms with van der Waals surface area (Å²) in [5.74, 6) is 1.69. The molecule has 0 aromatic heterocycles. The third-order valence-electron chi connectivity index (χ3n) is 2.85. The number of hydrogen-bond acceptors (Lipinski definition) is 3. The smallest absolute Gasteiger partial charge is 0.175 e. The van der Waals surface area contributed by atoms with E-state index >= 15 is 0 Å². The summed E-state index contributed by atoms with van der Waals surface area (Å²) in [5, 5.41) is 6.80. The molecule has 2 aromatic rings. The van der Waals surface area contributed by atoms with Crippen LogP contribution in [0.4, 0.5) is 11.4 Å². The van der Waals surface area contributed by atoms with E-state index in [1.54, 1.807) is 0 Å². The maximum absolute atomic E-state index is 5.40. The Morgan fingerprint density at radius 1 is 0.783 bits per heavy atom. The zero-order chi connectivity index (χ0) is 15.8. The van der Waals surface area contributed by atoms with E-state index in [1.807, 2.05) is 62.4 Å². The van der Waals surface area contributed by atoms with Crippen LogP contribution in [0.2, 0.25) is 0 Å². The normalized spacial score (nSPS) is 9.48. The molecule has 0 amide bonds. The maximum atomic E-state index is 5.40. The topological polar surface area (TPSA) is 42.5 Å². The van der Waals surface area contributed by atoms with Gasteiger partial charge in [-0.2, -0.15) is 0 Å². The van der Waals surface area contributed by atoms with E-state index in [4.69, 9.17) is 21.7 Å². The number of rotatable bonds is 6. The third-order valence-corrected chi connectivity index (χ3v) is 3.05. The fourth-order valence-electron chi connectivity index (χ4n) is 1.90. The first kappa shape index (κ1) is 19.5. The molecule has 0 spiro atoms. The van der Waals surface area contributed by atoms with Crippen molar-refractivity contribution < 1.29 is 30.5 Å². The average molecular weight is 500 g/mol. The van der Waals surface area contributed by atoms with Crippen molar-refractivity contribution in [1.82, 2.24) is 0 Å². The van der Waals surface area contributed by atoms with Gasteiger partial charge in [0, 0.05) is 32.4 Å². The van der Waals surface area contributed by atoms with Crippen molar-refractivity contribution in [1.29, 1.82) is 0 Å². The molecule has 0 aliphatic heterocycles. The molecular weight excluding hydrogens is 480 g/mol. The molecule has 0 aliphatic rings. The van der Waals surface area contributed by atoms with E-state index < -0.39 is 0 Å². The fraction of sp³-hybridized carbons (Fsp3) is 0.235. The van der Waals surface area contributed by atoms with Crippen LogP contribution in [-0.4, -0.2) is 18.3 Å². The second-order valence-corrected chi connectivity index (χ2v) is 4.90. The van der Waals surface area contributed by atoms with Crippen molar-refractivity contribution in [2.75, 3.05) is 23.8 Å². The van der Waals surface area contributed by atoms with E-state index in [2.05, 4.69) is 10.6 Å². The monoisotopic (exact) mass is 500 g/mol. The van der Waals surface area contributed by atoms with Gasteiger partial charge in [0.05, 0.1) is 13.2 Å². The summed E-state index contributed by atoms with van der Waals surface area (Å²) >= 11 is 5.30. The summed E-state index contributed by atoms with van der Waals surface area (Å²) in [6, 6.07) is 15.3. The van der Waals surface area contributed by atoms with Crippen LogP contribution in [-0.2, 0) is 21.1 Å². The SMILES string of the molecule is CCOc1ccc(NC(=S)Nc2ccc(OCC)cc2)cc1.[W]. The molecule has 122 valence electrons. The zero-order valence-corrected chi connectivity index (χ0v) is 16.9. The van der Waals surface area contributed by atoms with E-state index in [0.717, 1.165) is 22.9 Å². The van der Waals surface area contributed by atoms with Crippen LogP contribution >= 0.6 is 12.2 Å². The molecule has 0 saturated carbocycles. The zero-order valence-electron chi connectivity index (χ0n) is 13.2.